The third-order valence-corrected chi connectivity index (χ3v) is 4.53. The molecule has 7 nitrogen and oxygen atoms in total. The summed E-state index contributed by atoms with van der Waals surface area (Å²) in [6.45, 7) is 0.730. The molecule has 0 aliphatic heterocycles. The number of carbonyl (C=O) groups excluding carboxylic acids is 1. The highest BCUT2D eigenvalue weighted by atomic mass is 35.5. The number of nitrogens with one attached hydrogen (secondary N) is 1. The second-order valence-corrected chi connectivity index (χ2v) is 6.71. The van der Waals surface area contributed by atoms with Crippen LogP contribution in [0, 0.1) is 0 Å². The minimum absolute atomic E-state index is 0.215. The number of aromatic nitrogens is 4. The fraction of sp³-hybridized carbons (Fsp3) is 0.0952. The fourth-order valence-electron chi connectivity index (χ4n) is 2.72. The number of hydrogen-bond acceptors (Lipinski definition) is 4. The van der Waals surface area contributed by atoms with Crippen molar-refractivity contribution in [1.29, 1.82) is 0 Å². The third kappa shape index (κ3) is 4.83. The Morgan fingerprint density at radius 3 is 2.66 bits per heavy atom. The van der Waals surface area contributed by atoms with E-state index in [-0.39, 0.29) is 12.6 Å². The first-order valence-electron chi connectivity index (χ1n) is 8.96. The van der Waals surface area contributed by atoms with E-state index in [4.69, 9.17) is 16.3 Å². The average Bonchev–Trinajstić information content (AvgIpc) is 3.39. The summed E-state index contributed by atoms with van der Waals surface area (Å²) < 4.78 is 8.89. The smallest absolute Gasteiger partial charge is 0.276 e. The van der Waals surface area contributed by atoms with Gasteiger partial charge in [-0.2, -0.15) is 10.2 Å². The standard InChI is InChI=1S/C21H18ClN5O2/c22-19-9-5-4-6-16(19)13-27-14-17(12-23-27)24-21(28)20-10-11-26(25-20)15-29-18-7-2-1-3-8-18/h1-12,14H,13,15H2,(H,24,28). The zero-order valence-corrected chi connectivity index (χ0v) is 16.2. The lowest BCUT2D eigenvalue weighted by atomic mass is 10.2. The van der Waals surface area contributed by atoms with Gasteiger partial charge in [0.2, 0.25) is 0 Å². The SMILES string of the molecule is O=C(Nc1cnn(Cc2ccccc2Cl)c1)c1ccn(COc2ccccc2)n1. The predicted octanol–water partition coefficient (Wildman–Crippen LogP) is 4.07. The number of amides is 1. The largest absolute Gasteiger partial charge is 0.471 e. The molecule has 2 heterocycles. The molecule has 0 saturated heterocycles. The maximum Gasteiger partial charge on any atom is 0.276 e. The molecule has 0 atom stereocenters. The number of anilines is 1. The van der Waals surface area contributed by atoms with Gasteiger partial charge in [-0.1, -0.05) is 48.0 Å². The highest BCUT2D eigenvalue weighted by molar-refractivity contribution is 6.31. The zero-order valence-electron chi connectivity index (χ0n) is 15.4. The summed E-state index contributed by atoms with van der Waals surface area (Å²) in [5, 5.41) is 12.0. The van der Waals surface area contributed by atoms with Gasteiger partial charge in [0.1, 0.15) is 5.75 Å². The molecule has 146 valence electrons. The Bertz CT molecular complexity index is 1110. The zero-order chi connectivity index (χ0) is 20.1. The first-order chi connectivity index (χ1) is 14.2. The van der Waals surface area contributed by atoms with Gasteiger partial charge >= 0.3 is 0 Å². The van der Waals surface area contributed by atoms with Crippen LogP contribution in [0.25, 0.3) is 0 Å². The first kappa shape index (κ1) is 18.8. The molecule has 0 radical (unpaired) electrons. The molecule has 29 heavy (non-hydrogen) atoms. The van der Waals surface area contributed by atoms with Crippen LogP contribution in [0.5, 0.6) is 5.75 Å². The molecule has 1 amide bonds. The summed E-state index contributed by atoms with van der Waals surface area (Å²) in [4.78, 5) is 12.4. The van der Waals surface area contributed by atoms with Crippen molar-refractivity contribution in [1.82, 2.24) is 19.6 Å². The maximum absolute atomic E-state index is 12.4. The Kier molecular flexibility index (Phi) is 5.58. The Morgan fingerprint density at radius 1 is 1.03 bits per heavy atom. The molecule has 0 saturated carbocycles. The Labute approximate surface area is 172 Å². The molecule has 4 rings (SSSR count). The first-order valence-corrected chi connectivity index (χ1v) is 9.34. The lowest BCUT2D eigenvalue weighted by Crippen LogP contribution is -2.14. The van der Waals surface area contributed by atoms with E-state index >= 15 is 0 Å². The van der Waals surface area contributed by atoms with Gasteiger partial charge in [0.15, 0.2) is 12.4 Å². The molecule has 0 fully saturated rings. The van der Waals surface area contributed by atoms with Gasteiger partial charge < -0.3 is 10.1 Å². The Morgan fingerprint density at radius 2 is 1.83 bits per heavy atom. The molecule has 0 unspecified atom stereocenters. The lowest BCUT2D eigenvalue weighted by molar-refractivity contribution is 0.102. The van der Waals surface area contributed by atoms with Gasteiger partial charge in [-0.3, -0.25) is 9.48 Å². The van der Waals surface area contributed by atoms with Gasteiger partial charge in [0.05, 0.1) is 18.4 Å². The number of para-hydroxylation sites is 1. The van der Waals surface area contributed by atoms with Crippen molar-refractivity contribution < 1.29 is 9.53 Å². The number of ether oxygens (including phenoxy) is 1. The fourth-order valence-corrected chi connectivity index (χ4v) is 2.92. The van der Waals surface area contributed by atoms with E-state index < -0.39 is 0 Å². The lowest BCUT2D eigenvalue weighted by Gasteiger charge is -2.05. The van der Waals surface area contributed by atoms with Crippen LogP contribution in [0.3, 0.4) is 0 Å². The topological polar surface area (TPSA) is 74.0 Å². The highest BCUT2D eigenvalue weighted by Crippen LogP contribution is 2.17. The number of benzene rings is 2. The van der Waals surface area contributed by atoms with Crippen molar-refractivity contribution in [3.8, 4) is 5.75 Å². The van der Waals surface area contributed by atoms with E-state index in [0.717, 1.165) is 11.3 Å². The van der Waals surface area contributed by atoms with Crippen LogP contribution in [-0.4, -0.2) is 25.5 Å². The second-order valence-electron chi connectivity index (χ2n) is 6.30. The van der Waals surface area contributed by atoms with E-state index in [1.54, 1.807) is 34.0 Å². The monoisotopic (exact) mass is 407 g/mol. The second kappa shape index (κ2) is 8.62. The number of nitrogens with zero attached hydrogens (tertiary/aromatic N) is 4. The van der Waals surface area contributed by atoms with E-state index in [0.29, 0.717) is 22.9 Å². The molecule has 0 aliphatic carbocycles. The summed E-state index contributed by atoms with van der Waals surface area (Å²) in [7, 11) is 0. The van der Waals surface area contributed by atoms with Gasteiger partial charge in [0.25, 0.3) is 5.91 Å². The molecular weight excluding hydrogens is 390 g/mol. The van der Waals surface area contributed by atoms with Crippen LogP contribution >= 0.6 is 11.6 Å². The summed E-state index contributed by atoms with van der Waals surface area (Å²) in [6.07, 6.45) is 5.03. The number of halogens is 1. The highest BCUT2D eigenvalue weighted by Gasteiger charge is 2.12. The molecule has 8 heteroatoms. The van der Waals surface area contributed by atoms with Crippen LogP contribution in [0.2, 0.25) is 5.02 Å². The van der Waals surface area contributed by atoms with Crippen LogP contribution in [0.4, 0.5) is 5.69 Å². The van der Waals surface area contributed by atoms with Crippen LogP contribution in [-0.2, 0) is 13.3 Å². The number of rotatable bonds is 7. The molecule has 2 aromatic heterocycles. The minimum Gasteiger partial charge on any atom is -0.471 e. The maximum atomic E-state index is 12.4. The van der Waals surface area contributed by atoms with Crippen molar-refractivity contribution in [3.63, 3.8) is 0 Å². The summed E-state index contributed by atoms with van der Waals surface area (Å²) in [5.41, 5.74) is 1.82. The van der Waals surface area contributed by atoms with Crippen molar-refractivity contribution in [3.05, 3.63) is 95.5 Å². The van der Waals surface area contributed by atoms with Crippen LogP contribution < -0.4 is 10.1 Å². The molecule has 0 aliphatic rings. The molecule has 0 spiro atoms. The van der Waals surface area contributed by atoms with Gasteiger partial charge in [-0.05, 0) is 29.8 Å². The van der Waals surface area contributed by atoms with Crippen molar-refractivity contribution >= 4 is 23.2 Å². The van der Waals surface area contributed by atoms with E-state index in [2.05, 4.69) is 15.5 Å². The molecule has 4 aromatic rings. The quantitative estimate of drug-likeness (QED) is 0.501. The van der Waals surface area contributed by atoms with E-state index in [1.165, 1.54) is 0 Å². The summed E-state index contributed by atoms with van der Waals surface area (Å²) >= 11 is 6.18. The van der Waals surface area contributed by atoms with Gasteiger partial charge in [-0.15, -0.1) is 0 Å². The molecule has 2 aromatic carbocycles. The van der Waals surface area contributed by atoms with Crippen LogP contribution in [0.15, 0.2) is 79.3 Å². The summed E-state index contributed by atoms with van der Waals surface area (Å²) in [5.74, 6) is 0.417. The minimum atomic E-state index is -0.319. The van der Waals surface area contributed by atoms with E-state index in [9.17, 15) is 4.79 Å². The average molecular weight is 408 g/mol. The van der Waals surface area contributed by atoms with Crippen molar-refractivity contribution in [2.45, 2.75) is 13.3 Å². The Hall–Kier alpha value is -3.58. The molecule has 1 N–H and O–H groups in total. The van der Waals surface area contributed by atoms with Gasteiger partial charge in [0, 0.05) is 17.4 Å². The van der Waals surface area contributed by atoms with Gasteiger partial charge in [-0.25, -0.2) is 4.68 Å². The van der Waals surface area contributed by atoms with Crippen LogP contribution in [0.1, 0.15) is 16.1 Å². The number of carbonyl (C=O) groups is 1. The molecule has 0 bridgehead atoms. The third-order valence-electron chi connectivity index (χ3n) is 4.16. The number of hydrogen-bond donors (Lipinski definition) is 1. The molecular formula is C21H18ClN5O2. The summed E-state index contributed by atoms with van der Waals surface area (Å²) in [6, 6.07) is 18.6. The normalized spacial score (nSPS) is 10.7. The van der Waals surface area contributed by atoms with E-state index in [1.807, 2.05) is 54.6 Å². The predicted molar refractivity (Wildman–Crippen MR) is 110 cm³/mol. The van der Waals surface area contributed by atoms with Crippen molar-refractivity contribution in [2.24, 2.45) is 0 Å². The Balaban J connectivity index is 1.34. The van der Waals surface area contributed by atoms with Crippen molar-refractivity contribution in [2.75, 3.05) is 5.32 Å².